The van der Waals surface area contributed by atoms with Crippen LogP contribution in [0.4, 0.5) is 13.2 Å². The second kappa shape index (κ2) is 11.8. The van der Waals surface area contributed by atoms with E-state index in [0.717, 1.165) is 29.0 Å². The summed E-state index contributed by atoms with van der Waals surface area (Å²) in [5, 5.41) is 2.63. The van der Waals surface area contributed by atoms with Crippen LogP contribution in [0, 0.1) is 0 Å². The number of methoxy groups -OCH3 is 1. The monoisotopic (exact) mass is 508 g/mol. The van der Waals surface area contributed by atoms with Crippen molar-refractivity contribution < 1.29 is 27.1 Å². The van der Waals surface area contributed by atoms with Gasteiger partial charge in [-0.05, 0) is 53.1 Å². The number of amides is 1. The predicted octanol–water partition coefficient (Wildman–Crippen LogP) is 6.44. The number of rotatable bonds is 10. The zero-order chi connectivity index (χ0) is 26.3. The maximum Gasteiger partial charge on any atom is 0.416 e. The lowest BCUT2D eigenvalue weighted by Crippen LogP contribution is -2.23. The summed E-state index contributed by atoms with van der Waals surface area (Å²) < 4.78 is 50.0. The number of nitrogens with zero attached hydrogens (tertiary/aromatic N) is 1. The van der Waals surface area contributed by atoms with Gasteiger partial charge in [0.1, 0.15) is 11.5 Å². The molecule has 0 aliphatic heterocycles. The second-order valence-electron chi connectivity index (χ2n) is 8.63. The minimum Gasteiger partial charge on any atom is -0.497 e. The first-order chi connectivity index (χ1) is 17.8. The fourth-order valence-corrected chi connectivity index (χ4v) is 3.97. The van der Waals surface area contributed by atoms with Crippen molar-refractivity contribution in [3.63, 3.8) is 0 Å². The smallest absolute Gasteiger partial charge is 0.416 e. The molecular weight excluding hydrogens is 481 g/mol. The third kappa shape index (κ3) is 7.47. The van der Waals surface area contributed by atoms with Crippen LogP contribution in [-0.4, -0.2) is 17.9 Å². The lowest BCUT2D eigenvalue weighted by Gasteiger charge is -2.22. The second-order valence-corrected chi connectivity index (χ2v) is 8.63. The molecule has 0 saturated carbocycles. The van der Waals surface area contributed by atoms with E-state index in [0.29, 0.717) is 31.0 Å². The van der Waals surface area contributed by atoms with Crippen LogP contribution in [0.1, 0.15) is 38.6 Å². The number of alkyl halides is 3. The largest absolute Gasteiger partial charge is 0.497 e. The van der Waals surface area contributed by atoms with Gasteiger partial charge in [-0.15, -0.1) is 0 Å². The Bertz CT molecular complexity index is 1320. The summed E-state index contributed by atoms with van der Waals surface area (Å²) in [6, 6.07) is 26.0. The Kier molecular flexibility index (Phi) is 8.30. The number of benzene rings is 3. The van der Waals surface area contributed by atoms with Crippen molar-refractivity contribution in [1.29, 1.82) is 0 Å². The molecule has 0 aliphatic carbocycles. The fourth-order valence-electron chi connectivity index (χ4n) is 3.97. The van der Waals surface area contributed by atoms with Gasteiger partial charge in [0, 0.05) is 19.6 Å². The van der Waals surface area contributed by atoms with E-state index in [9.17, 15) is 18.0 Å². The number of hydrogen-bond acceptors (Lipinski definition) is 4. The van der Waals surface area contributed by atoms with Crippen molar-refractivity contribution >= 4 is 5.91 Å². The van der Waals surface area contributed by atoms with Crippen LogP contribution in [0.3, 0.4) is 0 Å². The van der Waals surface area contributed by atoms with Gasteiger partial charge in [0.05, 0.1) is 19.2 Å². The standard InChI is InChI=1S/C29H27F3N2O3/c1-36-25-12-6-10-23(16-25)19-34(18-21-7-3-2-4-8-21)20-26-13-14-27(37-26)28(35)33-17-22-9-5-11-24(15-22)29(30,31)32/h2-16H,17-20H2,1H3,(H,33,35). The summed E-state index contributed by atoms with van der Waals surface area (Å²) in [5.41, 5.74) is 1.80. The summed E-state index contributed by atoms with van der Waals surface area (Å²) in [6.07, 6.45) is -4.44. The van der Waals surface area contributed by atoms with Crippen molar-refractivity contribution in [2.45, 2.75) is 32.4 Å². The summed E-state index contributed by atoms with van der Waals surface area (Å²) in [7, 11) is 1.63. The molecule has 1 amide bonds. The molecule has 0 radical (unpaired) electrons. The minimum absolute atomic E-state index is 0.0469. The number of hydrogen-bond donors (Lipinski definition) is 1. The summed E-state index contributed by atoms with van der Waals surface area (Å²) in [6.45, 7) is 1.70. The molecule has 0 bridgehead atoms. The number of furan rings is 1. The Balaban J connectivity index is 1.42. The number of halogens is 3. The van der Waals surface area contributed by atoms with E-state index >= 15 is 0 Å². The molecule has 0 atom stereocenters. The van der Waals surface area contributed by atoms with Crippen LogP contribution in [0.2, 0.25) is 0 Å². The Morgan fingerprint density at radius 2 is 1.54 bits per heavy atom. The maximum atomic E-state index is 12.9. The van der Waals surface area contributed by atoms with E-state index in [4.69, 9.17) is 9.15 Å². The van der Waals surface area contributed by atoms with E-state index in [1.165, 1.54) is 12.1 Å². The average Bonchev–Trinajstić information content (AvgIpc) is 3.36. The topological polar surface area (TPSA) is 54.7 Å². The Morgan fingerprint density at radius 3 is 2.30 bits per heavy atom. The zero-order valence-corrected chi connectivity index (χ0v) is 20.3. The number of ether oxygens (including phenoxy) is 1. The molecule has 1 aromatic heterocycles. The van der Waals surface area contributed by atoms with Crippen LogP contribution in [0.25, 0.3) is 0 Å². The number of nitrogens with one attached hydrogen (secondary N) is 1. The molecular formula is C29H27F3N2O3. The maximum absolute atomic E-state index is 12.9. The zero-order valence-electron chi connectivity index (χ0n) is 20.3. The van der Waals surface area contributed by atoms with Crippen LogP contribution < -0.4 is 10.1 Å². The molecule has 0 unspecified atom stereocenters. The van der Waals surface area contributed by atoms with Gasteiger partial charge in [-0.2, -0.15) is 13.2 Å². The molecule has 1 heterocycles. The van der Waals surface area contributed by atoms with Crippen LogP contribution in [0.5, 0.6) is 5.75 Å². The highest BCUT2D eigenvalue weighted by Gasteiger charge is 2.30. The van der Waals surface area contributed by atoms with Crippen molar-refractivity contribution in [3.05, 3.63) is 125 Å². The van der Waals surface area contributed by atoms with E-state index in [1.54, 1.807) is 19.2 Å². The Morgan fingerprint density at radius 1 is 0.838 bits per heavy atom. The quantitative estimate of drug-likeness (QED) is 0.268. The van der Waals surface area contributed by atoms with Gasteiger partial charge in [0.2, 0.25) is 0 Å². The third-order valence-corrected chi connectivity index (χ3v) is 5.76. The van der Waals surface area contributed by atoms with Crippen molar-refractivity contribution in [2.75, 3.05) is 7.11 Å². The van der Waals surface area contributed by atoms with Crippen LogP contribution in [0.15, 0.2) is 95.4 Å². The number of carbonyl (C=O) groups excluding carboxylic acids is 1. The van der Waals surface area contributed by atoms with E-state index in [2.05, 4.69) is 10.2 Å². The van der Waals surface area contributed by atoms with Crippen molar-refractivity contribution in [2.24, 2.45) is 0 Å². The van der Waals surface area contributed by atoms with E-state index < -0.39 is 17.6 Å². The lowest BCUT2D eigenvalue weighted by molar-refractivity contribution is -0.137. The first-order valence-corrected chi connectivity index (χ1v) is 11.7. The molecule has 4 rings (SSSR count). The van der Waals surface area contributed by atoms with E-state index in [-0.39, 0.29) is 12.3 Å². The summed E-state index contributed by atoms with van der Waals surface area (Å²) in [4.78, 5) is 14.8. The first kappa shape index (κ1) is 26.0. The van der Waals surface area contributed by atoms with Gasteiger partial charge < -0.3 is 14.5 Å². The predicted molar refractivity (Wildman–Crippen MR) is 134 cm³/mol. The van der Waals surface area contributed by atoms with Gasteiger partial charge in [-0.3, -0.25) is 9.69 Å². The molecule has 8 heteroatoms. The molecule has 1 N–H and O–H groups in total. The SMILES string of the molecule is COc1cccc(CN(Cc2ccccc2)Cc2ccc(C(=O)NCc3cccc(C(F)(F)F)c3)o2)c1. The molecule has 5 nitrogen and oxygen atoms in total. The Labute approximate surface area is 213 Å². The average molecular weight is 509 g/mol. The van der Waals surface area contributed by atoms with Gasteiger partial charge in [0.25, 0.3) is 5.91 Å². The molecule has 0 spiro atoms. The molecule has 192 valence electrons. The number of carbonyl (C=O) groups is 1. The van der Waals surface area contributed by atoms with E-state index in [1.807, 2.05) is 54.6 Å². The third-order valence-electron chi connectivity index (χ3n) is 5.76. The fraction of sp³-hybridized carbons (Fsp3) is 0.207. The van der Waals surface area contributed by atoms with Crippen molar-refractivity contribution in [3.8, 4) is 5.75 Å². The van der Waals surface area contributed by atoms with Crippen LogP contribution >= 0.6 is 0 Å². The molecule has 0 aliphatic rings. The van der Waals surface area contributed by atoms with Crippen LogP contribution in [-0.2, 0) is 32.4 Å². The molecule has 0 saturated heterocycles. The van der Waals surface area contributed by atoms with Gasteiger partial charge in [0.15, 0.2) is 5.76 Å². The van der Waals surface area contributed by atoms with Gasteiger partial charge >= 0.3 is 6.18 Å². The molecule has 3 aromatic carbocycles. The normalized spacial score (nSPS) is 11.5. The summed E-state index contributed by atoms with van der Waals surface area (Å²) >= 11 is 0. The van der Waals surface area contributed by atoms with Crippen molar-refractivity contribution in [1.82, 2.24) is 10.2 Å². The highest BCUT2D eigenvalue weighted by Crippen LogP contribution is 2.29. The molecule has 0 fully saturated rings. The highest BCUT2D eigenvalue weighted by molar-refractivity contribution is 5.91. The molecule has 4 aromatic rings. The minimum atomic E-state index is -4.44. The lowest BCUT2D eigenvalue weighted by atomic mass is 10.1. The van der Waals surface area contributed by atoms with Gasteiger partial charge in [-0.1, -0.05) is 54.6 Å². The summed E-state index contributed by atoms with van der Waals surface area (Å²) in [5.74, 6) is 0.979. The van der Waals surface area contributed by atoms with Gasteiger partial charge in [-0.25, -0.2) is 0 Å². The molecule has 37 heavy (non-hydrogen) atoms. The highest BCUT2D eigenvalue weighted by atomic mass is 19.4. The first-order valence-electron chi connectivity index (χ1n) is 11.7. The Hall–Kier alpha value is -4.04.